The van der Waals surface area contributed by atoms with Crippen molar-refractivity contribution in [2.24, 2.45) is 0 Å². The highest BCUT2D eigenvalue weighted by Gasteiger charge is 2.24. The lowest BCUT2D eigenvalue weighted by atomic mass is 10.1. The van der Waals surface area contributed by atoms with Crippen molar-refractivity contribution in [3.05, 3.63) is 23.8 Å². The number of carbonyl (C=O) groups is 1. The smallest absolute Gasteiger partial charge is 0.228 e. The molecule has 0 N–H and O–H groups in total. The normalized spacial score (nSPS) is 13.8. The number of rotatable bonds is 3. The molecule has 0 aliphatic carbocycles. The highest BCUT2D eigenvalue weighted by atomic mass is 35.5. The summed E-state index contributed by atoms with van der Waals surface area (Å²) >= 11 is 5.59. The van der Waals surface area contributed by atoms with Gasteiger partial charge >= 0.3 is 0 Å². The summed E-state index contributed by atoms with van der Waals surface area (Å²) in [5.74, 6) is 1.24. The topological polar surface area (TPSA) is 29.5 Å². The maximum Gasteiger partial charge on any atom is 0.228 e. The summed E-state index contributed by atoms with van der Waals surface area (Å²) in [6.07, 6.45) is 1.30. The molecule has 1 aliphatic heterocycles. The van der Waals surface area contributed by atoms with Crippen molar-refractivity contribution in [1.82, 2.24) is 0 Å². The molecular weight excluding hydrogens is 226 g/mol. The molecule has 4 heteroatoms. The molecule has 1 heterocycles. The Morgan fingerprint density at radius 3 is 3.06 bits per heavy atom. The molecule has 0 atom stereocenters. The summed E-state index contributed by atoms with van der Waals surface area (Å²) in [5, 5.41) is 0. The first-order chi connectivity index (χ1) is 7.76. The molecule has 0 bridgehead atoms. The lowest BCUT2D eigenvalue weighted by Gasteiger charge is -2.17. The first kappa shape index (κ1) is 11.3. The first-order valence-corrected chi connectivity index (χ1v) is 5.83. The number of ether oxygens (including phenoxy) is 1. The monoisotopic (exact) mass is 239 g/mol. The lowest BCUT2D eigenvalue weighted by Crippen LogP contribution is -2.28. The third kappa shape index (κ3) is 2.00. The quantitative estimate of drug-likeness (QED) is 0.757. The Labute approximate surface area is 100.0 Å². The fourth-order valence-electron chi connectivity index (χ4n) is 1.96. The van der Waals surface area contributed by atoms with Gasteiger partial charge < -0.3 is 9.64 Å². The number of hydrogen-bond donors (Lipinski definition) is 0. The van der Waals surface area contributed by atoms with E-state index in [2.05, 4.69) is 0 Å². The number of fused-ring (bicyclic) bond motifs is 1. The van der Waals surface area contributed by atoms with Crippen molar-refractivity contribution >= 4 is 23.2 Å². The highest BCUT2D eigenvalue weighted by molar-refractivity contribution is 6.19. The number of benzene rings is 1. The SMILES string of the molecule is COc1ccc2c(c1)N(C(=O)CCCl)CC2. The second-order valence-corrected chi connectivity index (χ2v) is 4.11. The number of carbonyl (C=O) groups excluding carboxylic acids is 1. The predicted molar refractivity (Wildman–Crippen MR) is 64.4 cm³/mol. The van der Waals surface area contributed by atoms with Gasteiger partial charge in [-0.1, -0.05) is 6.07 Å². The van der Waals surface area contributed by atoms with Crippen LogP contribution in [-0.4, -0.2) is 25.4 Å². The van der Waals surface area contributed by atoms with Crippen LogP contribution in [-0.2, 0) is 11.2 Å². The zero-order valence-electron chi connectivity index (χ0n) is 9.20. The van der Waals surface area contributed by atoms with Gasteiger partial charge in [0.25, 0.3) is 0 Å². The van der Waals surface area contributed by atoms with E-state index in [-0.39, 0.29) is 5.91 Å². The molecule has 0 aromatic heterocycles. The van der Waals surface area contributed by atoms with E-state index in [1.165, 1.54) is 5.56 Å². The van der Waals surface area contributed by atoms with Crippen LogP contribution in [0.5, 0.6) is 5.75 Å². The molecule has 16 heavy (non-hydrogen) atoms. The van der Waals surface area contributed by atoms with Crippen LogP contribution in [0.2, 0.25) is 0 Å². The minimum absolute atomic E-state index is 0.0852. The van der Waals surface area contributed by atoms with Gasteiger partial charge in [0.2, 0.25) is 5.91 Å². The van der Waals surface area contributed by atoms with E-state index in [1.807, 2.05) is 18.2 Å². The number of amides is 1. The molecule has 86 valence electrons. The molecule has 0 radical (unpaired) electrons. The van der Waals surface area contributed by atoms with Gasteiger partial charge in [0.05, 0.1) is 12.8 Å². The number of methoxy groups -OCH3 is 1. The van der Waals surface area contributed by atoms with Gasteiger partial charge in [0, 0.05) is 24.9 Å². The molecule has 0 saturated heterocycles. The Balaban J connectivity index is 2.27. The van der Waals surface area contributed by atoms with Crippen molar-refractivity contribution in [2.75, 3.05) is 24.4 Å². The van der Waals surface area contributed by atoms with Crippen LogP contribution in [0, 0.1) is 0 Å². The summed E-state index contributed by atoms with van der Waals surface area (Å²) in [5.41, 5.74) is 2.16. The Kier molecular flexibility index (Phi) is 3.34. The van der Waals surface area contributed by atoms with E-state index < -0.39 is 0 Å². The molecule has 3 nitrogen and oxygen atoms in total. The van der Waals surface area contributed by atoms with Crippen molar-refractivity contribution in [1.29, 1.82) is 0 Å². The summed E-state index contributed by atoms with van der Waals surface area (Å²) in [6.45, 7) is 0.748. The maximum absolute atomic E-state index is 11.8. The molecular formula is C12H14ClNO2. The Bertz CT molecular complexity index is 406. The standard InChI is InChI=1S/C12H14ClNO2/c1-16-10-3-2-9-5-7-14(11(9)8-10)12(15)4-6-13/h2-3,8H,4-7H2,1H3. The Morgan fingerprint density at radius 1 is 1.56 bits per heavy atom. The number of nitrogens with zero attached hydrogens (tertiary/aromatic N) is 1. The molecule has 0 unspecified atom stereocenters. The number of halogens is 1. The van der Waals surface area contributed by atoms with Gasteiger partial charge in [-0.3, -0.25) is 4.79 Å². The minimum Gasteiger partial charge on any atom is -0.497 e. The number of anilines is 1. The second-order valence-electron chi connectivity index (χ2n) is 3.73. The van der Waals surface area contributed by atoms with Gasteiger partial charge in [-0.15, -0.1) is 11.6 Å². The number of hydrogen-bond acceptors (Lipinski definition) is 2. The molecule has 0 spiro atoms. The van der Waals surface area contributed by atoms with E-state index in [9.17, 15) is 4.79 Å². The van der Waals surface area contributed by atoms with E-state index in [0.717, 1.165) is 24.4 Å². The summed E-state index contributed by atoms with van der Waals surface area (Å²) in [7, 11) is 1.63. The van der Waals surface area contributed by atoms with Crippen LogP contribution in [0.1, 0.15) is 12.0 Å². The zero-order valence-corrected chi connectivity index (χ0v) is 9.96. The first-order valence-electron chi connectivity index (χ1n) is 5.29. The van der Waals surface area contributed by atoms with Crippen LogP contribution < -0.4 is 9.64 Å². The van der Waals surface area contributed by atoms with E-state index >= 15 is 0 Å². The summed E-state index contributed by atoms with van der Waals surface area (Å²) < 4.78 is 5.16. The molecule has 0 saturated carbocycles. The van der Waals surface area contributed by atoms with Gasteiger partial charge in [0.15, 0.2) is 0 Å². The molecule has 1 aromatic carbocycles. The third-order valence-electron chi connectivity index (χ3n) is 2.80. The van der Waals surface area contributed by atoms with Crippen LogP contribution in [0.4, 0.5) is 5.69 Å². The van der Waals surface area contributed by atoms with Gasteiger partial charge in [-0.2, -0.15) is 0 Å². The fraction of sp³-hybridized carbons (Fsp3) is 0.417. The van der Waals surface area contributed by atoms with Crippen molar-refractivity contribution in [3.8, 4) is 5.75 Å². The third-order valence-corrected chi connectivity index (χ3v) is 2.99. The van der Waals surface area contributed by atoms with Crippen molar-refractivity contribution in [2.45, 2.75) is 12.8 Å². The zero-order chi connectivity index (χ0) is 11.5. The van der Waals surface area contributed by atoms with E-state index in [0.29, 0.717) is 12.3 Å². The van der Waals surface area contributed by atoms with Gasteiger partial charge in [0.1, 0.15) is 5.75 Å². The fourth-order valence-corrected chi connectivity index (χ4v) is 2.12. The predicted octanol–water partition coefficient (Wildman–Crippen LogP) is 2.21. The van der Waals surface area contributed by atoms with Crippen LogP contribution >= 0.6 is 11.6 Å². The van der Waals surface area contributed by atoms with Crippen LogP contribution in [0.25, 0.3) is 0 Å². The van der Waals surface area contributed by atoms with E-state index in [1.54, 1.807) is 12.0 Å². The average molecular weight is 240 g/mol. The van der Waals surface area contributed by atoms with Crippen LogP contribution in [0.15, 0.2) is 18.2 Å². The molecule has 1 aromatic rings. The molecule has 2 rings (SSSR count). The van der Waals surface area contributed by atoms with E-state index in [4.69, 9.17) is 16.3 Å². The molecule has 1 aliphatic rings. The number of alkyl halides is 1. The summed E-state index contributed by atoms with van der Waals surface area (Å²) in [4.78, 5) is 13.6. The Hall–Kier alpha value is -1.22. The Morgan fingerprint density at radius 2 is 2.38 bits per heavy atom. The van der Waals surface area contributed by atoms with Gasteiger partial charge in [-0.05, 0) is 18.1 Å². The highest BCUT2D eigenvalue weighted by Crippen LogP contribution is 2.32. The van der Waals surface area contributed by atoms with Gasteiger partial charge in [-0.25, -0.2) is 0 Å². The molecule has 0 fully saturated rings. The largest absolute Gasteiger partial charge is 0.497 e. The van der Waals surface area contributed by atoms with Crippen LogP contribution in [0.3, 0.4) is 0 Å². The summed E-state index contributed by atoms with van der Waals surface area (Å²) in [6, 6.07) is 5.85. The second kappa shape index (κ2) is 4.74. The average Bonchev–Trinajstić information content (AvgIpc) is 2.71. The van der Waals surface area contributed by atoms with Crippen molar-refractivity contribution in [3.63, 3.8) is 0 Å². The molecule has 1 amide bonds. The van der Waals surface area contributed by atoms with Crippen molar-refractivity contribution < 1.29 is 9.53 Å². The lowest BCUT2D eigenvalue weighted by molar-refractivity contribution is -0.118. The minimum atomic E-state index is 0.0852. The maximum atomic E-state index is 11.8.